The number of fused-ring (bicyclic) bond motifs is 2. The van der Waals surface area contributed by atoms with Crippen LogP contribution >= 0.6 is 11.8 Å². The van der Waals surface area contributed by atoms with Crippen molar-refractivity contribution in [1.29, 1.82) is 0 Å². The van der Waals surface area contributed by atoms with Crippen LogP contribution in [0.4, 0.5) is 10.1 Å². The molecule has 0 spiro atoms. The average Bonchev–Trinajstić information content (AvgIpc) is 2.82. The predicted molar refractivity (Wildman–Crippen MR) is 103 cm³/mol. The number of amides is 2. The second-order valence-electron chi connectivity index (χ2n) is 6.07. The van der Waals surface area contributed by atoms with Gasteiger partial charge in [-0.15, -0.1) is 0 Å². The molecular formula is C21H15FN2O2S. The molecule has 0 fully saturated rings. The van der Waals surface area contributed by atoms with E-state index in [9.17, 15) is 14.0 Å². The number of nitrogens with one attached hydrogen (secondary N) is 2. The quantitative estimate of drug-likeness (QED) is 0.707. The van der Waals surface area contributed by atoms with Gasteiger partial charge in [0.1, 0.15) is 5.82 Å². The van der Waals surface area contributed by atoms with Gasteiger partial charge in [-0.2, -0.15) is 0 Å². The Labute approximate surface area is 159 Å². The molecule has 4 rings (SSSR count). The van der Waals surface area contributed by atoms with E-state index < -0.39 is 0 Å². The number of halogens is 1. The van der Waals surface area contributed by atoms with Gasteiger partial charge in [-0.05, 0) is 48.0 Å². The molecule has 4 nitrogen and oxygen atoms in total. The Morgan fingerprint density at radius 3 is 2.59 bits per heavy atom. The summed E-state index contributed by atoms with van der Waals surface area (Å²) in [5.41, 5.74) is 2.47. The molecule has 6 heteroatoms. The van der Waals surface area contributed by atoms with Crippen LogP contribution in [0.3, 0.4) is 0 Å². The van der Waals surface area contributed by atoms with Gasteiger partial charge in [-0.1, -0.05) is 36.0 Å². The number of hydrogen-bond donors (Lipinski definition) is 2. The van der Waals surface area contributed by atoms with Gasteiger partial charge in [-0.3, -0.25) is 9.59 Å². The molecule has 0 aliphatic carbocycles. The molecular weight excluding hydrogens is 363 g/mol. The Morgan fingerprint density at radius 1 is 1.00 bits per heavy atom. The van der Waals surface area contributed by atoms with E-state index in [0.717, 1.165) is 15.4 Å². The minimum absolute atomic E-state index is 0.194. The molecule has 0 saturated carbocycles. The van der Waals surface area contributed by atoms with E-state index in [0.29, 0.717) is 23.4 Å². The van der Waals surface area contributed by atoms with Gasteiger partial charge in [0.05, 0.1) is 11.3 Å². The Hall–Kier alpha value is -3.12. The summed E-state index contributed by atoms with van der Waals surface area (Å²) in [4.78, 5) is 26.6. The summed E-state index contributed by atoms with van der Waals surface area (Å²) in [6.45, 7) is 0.294. The summed E-state index contributed by atoms with van der Waals surface area (Å²) < 4.78 is 13.0. The molecule has 0 saturated heterocycles. The zero-order valence-electron chi connectivity index (χ0n) is 14.2. The Balaban J connectivity index is 1.53. The fourth-order valence-electron chi connectivity index (χ4n) is 2.80. The number of carbonyl (C=O) groups is 2. The standard InChI is InChI=1S/C21H15FN2O2S/c22-15-8-5-13(6-9-15)12-23-20(25)14-7-10-19-17(11-14)24-21(26)16-3-1-2-4-18(16)27-19/h1-11H,12H2,(H,23,25)(H,24,26). The van der Waals surface area contributed by atoms with Gasteiger partial charge in [0.25, 0.3) is 11.8 Å². The van der Waals surface area contributed by atoms with Crippen LogP contribution in [0.25, 0.3) is 0 Å². The first kappa shape index (κ1) is 17.3. The molecule has 2 N–H and O–H groups in total. The topological polar surface area (TPSA) is 58.2 Å². The van der Waals surface area contributed by atoms with Crippen LogP contribution in [0, 0.1) is 5.82 Å². The molecule has 0 aromatic heterocycles. The maximum Gasteiger partial charge on any atom is 0.256 e. The van der Waals surface area contributed by atoms with Gasteiger partial charge in [0.15, 0.2) is 0 Å². The van der Waals surface area contributed by atoms with Crippen LogP contribution in [0.2, 0.25) is 0 Å². The number of anilines is 1. The van der Waals surface area contributed by atoms with Crippen molar-refractivity contribution in [1.82, 2.24) is 5.32 Å². The van der Waals surface area contributed by atoms with E-state index in [2.05, 4.69) is 10.6 Å². The van der Waals surface area contributed by atoms with Crippen molar-refractivity contribution in [2.24, 2.45) is 0 Å². The zero-order valence-corrected chi connectivity index (χ0v) is 15.0. The Bertz CT molecular complexity index is 1030. The Kier molecular flexibility index (Phi) is 4.64. The lowest BCUT2D eigenvalue weighted by molar-refractivity contribution is 0.0949. The maximum atomic E-state index is 13.0. The van der Waals surface area contributed by atoms with Crippen molar-refractivity contribution in [3.8, 4) is 0 Å². The van der Waals surface area contributed by atoms with Gasteiger partial charge < -0.3 is 10.6 Å². The van der Waals surface area contributed by atoms with Crippen LogP contribution in [0.1, 0.15) is 26.3 Å². The molecule has 3 aromatic carbocycles. The monoisotopic (exact) mass is 378 g/mol. The van der Waals surface area contributed by atoms with Crippen LogP contribution in [0.15, 0.2) is 76.5 Å². The molecule has 1 aliphatic heterocycles. The van der Waals surface area contributed by atoms with Gasteiger partial charge >= 0.3 is 0 Å². The number of carbonyl (C=O) groups excluding carboxylic acids is 2. The van der Waals surface area contributed by atoms with Gasteiger partial charge in [0.2, 0.25) is 0 Å². The molecule has 0 atom stereocenters. The third kappa shape index (κ3) is 3.71. The summed E-state index contributed by atoms with van der Waals surface area (Å²) in [6.07, 6.45) is 0. The van der Waals surface area contributed by atoms with E-state index in [1.165, 1.54) is 23.9 Å². The molecule has 2 amide bonds. The van der Waals surface area contributed by atoms with E-state index in [1.54, 1.807) is 30.3 Å². The number of hydrogen-bond acceptors (Lipinski definition) is 3. The van der Waals surface area contributed by atoms with E-state index in [1.807, 2.05) is 24.3 Å². The van der Waals surface area contributed by atoms with Crippen LogP contribution < -0.4 is 10.6 Å². The van der Waals surface area contributed by atoms with Crippen molar-refractivity contribution in [2.45, 2.75) is 16.3 Å². The minimum Gasteiger partial charge on any atom is -0.348 e. The summed E-state index contributed by atoms with van der Waals surface area (Å²) in [7, 11) is 0. The molecule has 134 valence electrons. The smallest absolute Gasteiger partial charge is 0.256 e. The maximum absolute atomic E-state index is 13.0. The number of benzene rings is 3. The molecule has 1 heterocycles. The molecule has 3 aromatic rings. The minimum atomic E-state index is -0.315. The third-order valence-corrected chi connectivity index (χ3v) is 5.36. The van der Waals surface area contributed by atoms with Crippen LogP contribution in [-0.4, -0.2) is 11.8 Å². The van der Waals surface area contributed by atoms with E-state index in [4.69, 9.17) is 0 Å². The fraction of sp³-hybridized carbons (Fsp3) is 0.0476. The lowest BCUT2D eigenvalue weighted by Gasteiger charge is -2.10. The molecule has 1 aliphatic rings. The predicted octanol–water partition coefficient (Wildman–Crippen LogP) is 4.47. The highest BCUT2D eigenvalue weighted by molar-refractivity contribution is 7.99. The summed E-state index contributed by atoms with van der Waals surface area (Å²) in [5, 5.41) is 5.68. The van der Waals surface area contributed by atoms with Crippen LogP contribution in [0.5, 0.6) is 0 Å². The third-order valence-electron chi connectivity index (χ3n) is 4.21. The largest absolute Gasteiger partial charge is 0.348 e. The van der Waals surface area contributed by atoms with E-state index in [-0.39, 0.29) is 17.6 Å². The molecule has 0 unspecified atom stereocenters. The second kappa shape index (κ2) is 7.25. The zero-order chi connectivity index (χ0) is 18.8. The molecule has 0 bridgehead atoms. The summed E-state index contributed by atoms with van der Waals surface area (Å²) in [6, 6.07) is 18.6. The van der Waals surface area contributed by atoms with Crippen LogP contribution in [-0.2, 0) is 6.54 Å². The second-order valence-corrected chi connectivity index (χ2v) is 7.16. The lowest BCUT2D eigenvalue weighted by Crippen LogP contribution is -2.23. The first-order chi connectivity index (χ1) is 13.1. The summed E-state index contributed by atoms with van der Waals surface area (Å²) >= 11 is 1.49. The SMILES string of the molecule is O=C(NCc1ccc(F)cc1)c1ccc2c(c1)NC(=O)c1ccccc1S2. The molecule has 0 radical (unpaired) electrons. The highest BCUT2D eigenvalue weighted by atomic mass is 32.2. The number of rotatable bonds is 3. The van der Waals surface area contributed by atoms with Gasteiger partial charge in [-0.25, -0.2) is 4.39 Å². The van der Waals surface area contributed by atoms with Crippen molar-refractivity contribution in [3.63, 3.8) is 0 Å². The summed E-state index contributed by atoms with van der Waals surface area (Å²) in [5.74, 6) is -0.770. The first-order valence-corrected chi connectivity index (χ1v) is 9.17. The fourth-order valence-corrected chi connectivity index (χ4v) is 3.81. The average molecular weight is 378 g/mol. The highest BCUT2D eigenvalue weighted by Crippen LogP contribution is 2.38. The van der Waals surface area contributed by atoms with E-state index >= 15 is 0 Å². The first-order valence-electron chi connectivity index (χ1n) is 8.35. The van der Waals surface area contributed by atoms with Gasteiger partial charge in [0, 0.05) is 21.9 Å². The van der Waals surface area contributed by atoms with Crippen molar-refractivity contribution in [2.75, 3.05) is 5.32 Å². The Morgan fingerprint density at radius 2 is 1.78 bits per heavy atom. The van der Waals surface area contributed by atoms with Crippen molar-refractivity contribution >= 4 is 29.3 Å². The highest BCUT2D eigenvalue weighted by Gasteiger charge is 2.20. The lowest BCUT2D eigenvalue weighted by atomic mass is 10.1. The molecule has 27 heavy (non-hydrogen) atoms. The van der Waals surface area contributed by atoms with Crippen molar-refractivity contribution < 1.29 is 14.0 Å². The van der Waals surface area contributed by atoms with Crippen molar-refractivity contribution in [3.05, 3.63) is 89.2 Å². The normalized spacial score (nSPS) is 12.4.